The normalized spacial score (nSPS) is 10.7. The second-order valence-corrected chi connectivity index (χ2v) is 5.08. The van der Waals surface area contributed by atoms with Crippen molar-refractivity contribution in [3.8, 4) is 0 Å². The van der Waals surface area contributed by atoms with Crippen LogP contribution in [0, 0.1) is 10.1 Å². The molecule has 22 heavy (non-hydrogen) atoms. The zero-order chi connectivity index (χ0) is 16.4. The number of nitro groups is 1. The molecular formula is C12H15ClN6O3. The molecule has 1 amide bonds. The average Bonchev–Trinajstić information content (AvgIpc) is 3.02. The quantitative estimate of drug-likeness (QED) is 0.612. The molecule has 0 aliphatic carbocycles. The van der Waals surface area contributed by atoms with E-state index >= 15 is 0 Å². The monoisotopic (exact) mass is 326 g/mol. The molecule has 0 unspecified atom stereocenters. The van der Waals surface area contributed by atoms with Crippen LogP contribution in [0.4, 0.5) is 5.69 Å². The lowest BCUT2D eigenvalue weighted by molar-refractivity contribution is -0.385. The lowest BCUT2D eigenvalue weighted by Crippen LogP contribution is -2.29. The predicted octanol–water partition coefficient (Wildman–Crippen LogP) is 1.47. The van der Waals surface area contributed by atoms with E-state index in [0.29, 0.717) is 17.3 Å². The minimum absolute atomic E-state index is 0.0776. The molecule has 0 aromatic carbocycles. The van der Waals surface area contributed by atoms with Crippen LogP contribution in [0.3, 0.4) is 0 Å². The minimum Gasteiger partial charge on any atom is -0.334 e. The predicted molar refractivity (Wildman–Crippen MR) is 78.6 cm³/mol. The summed E-state index contributed by atoms with van der Waals surface area (Å²) in [6.07, 6.45) is 2.57. The summed E-state index contributed by atoms with van der Waals surface area (Å²) in [6.45, 7) is 2.70. The molecule has 9 nitrogen and oxygen atoms in total. The first-order valence-electron chi connectivity index (χ1n) is 6.48. The van der Waals surface area contributed by atoms with Crippen molar-refractivity contribution in [2.75, 3.05) is 7.05 Å². The smallest absolute Gasteiger partial charge is 0.320 e. The van der Waals surface area contributed by atoms with Gasteiger partial charge in [-0.2, -0.15) is 10.2 Å². The van der Waals surface area contributed by atoms with E-state index in [9.17, 15) is 14.9 Å². The van der Waals surface area contributed by atoms with Crippen molar-refractivity contribution in [1.82, 2.24) is 24.5 Å². The number of aryl methyl sites for hydroxylation is 2. The van der Waals surface area contributed by atoms with E-state index in [1.807, 2.05) is 6.92 Å². The van der Waals surface area contributed by atoms with Gasteiger partial charge in [-0.15, -0.1) is 0 Å². The van der Waals surface area contributed by atoms with Crippen molar-refractivity contribution < 1.29 is 9.72 Å². The highest BCUT2D eigenvalue weighted by atomic mass is 35.5. The maximum Gasteiger partial charge on any atom is 0.320 e. The van der Waals surface area contributed by atoms with E-state index in [0.717, 1.165) is 6.20 Å². The van der Waals surface area contributed by atoms with E-state index in [1.165, 1.54) is 22.8 Å². The molecule has 0 radical (unpaired) electrons. The van der Waals surface area contributed by atoms with Gasteiger partial charge in [0.1, 0.15) is 6.20 Å². The van der Waals surface area contributed by atoms with Crippen molar-refractivity contribution in [3.63, 3.8) is 0 Å². The first-order valence-corrected chi connectivity index (χ1v) is 6.86. The largest absolute Gasteiger partial charge is 0.334 e. The molecule has 118 valence electrons. The molecule has 0 saturated carbocycles. The van der Waals surface area contributed by atoms with Crippen LogP contribution in [0.25, 0.3) is 0 Å². The Morgan fingerprint density at radius 3 is 2.73 bits per heavy atom. The Morgan fingerprint density at radius 1 is 1.45 bits per heavy atom. The van der Waals surface area contributed by atoms with E-state index < -0.39 is 10.8 Å². The molecule has 0 N–H and O–H groups in total. The Kier molecular flexibility index (Phi) is 4.45. The van der Waals surface area contributed by atoms with E-state index in [4.69, 9.17) is 11.6 Å². The summed E-state index contributed by atoms with van der Waals surface area (Å²) < 4.78 is 2.86. The molecule has 0 aliphatic rings. The van der Waals surface area contributed by atoms with Crippen molar-refractivity contribution in [2.24, 2.45) is 7.05 Å². The molecule has 0 spiro atoms. The summed E-state index contributed by atoms with van der Waals surface area (Å²) in [7, 11) is 3.03. The molecule has 2 rings (SSSR count). The number of hydrogen-bond donors (Lipinski definition) is 0. The van der Waals surface area contributed by atoms with Crippen LogP contribution >= 0.6 is 11.6 Å². The van der Waals surface area contributed by atoms with Crippen LogP contribution in [0.5, 0.6) is 0 Å². The Bertz CT molecular complexity index is 723. The summed E-state index contributed by atoms with van der Waals surface area (Å²) in [6, 6.07) is 0. The molecule has 2 heterocycles. The average molecular weight is 327 g/mol. The fourth-order valence-corrected chi connectivity index (χ4v) is 2.30. The van der Waals surface area contributed by atoms with Crippen LogP contribution < -0.4 is 0 Å². The molecule has 0 saturated heterocycles. The Balaban J connectivity index is 2.28. The number of carbonyl (C=O) groups excluding carboxylic acids is 1. The molecule has 10 heteroatoms. The Hall–Kier alpha value is -2.42. The summed E-state index contributed by atoms with van der Waals surface area (Å²) in [5.41, 5.74) is 0.269. The maximum atomic E-state index is 12.5. The number of halogens is 1. The minimum atomic E-state index is -0.628. The van der Waals surface area contributed by atoms with Crippen LogP contribution in [-0.2, 0) is 20.1 Å². The number of hydrogen-bond acceptors (Lipinski definition) is 5. The summed E-state index contributed by atoms with van der Waals surface area (Å²) >= 11 is 6.06. The molecule has 2 aromatic heterocycles. The van der Waals surface area contributed by atoms with Gasteiger partial charge in [0.15, 0.2) is 0 Å². The van der Waals surface area contributed by atoms with Crippen molar-refractivity contribution in [2.45, 2.75) is 20.0 Å². The lowest BCUT2D eigenvalue weighted by atomic mass is 10.3. The van der Waals surface area contributed by atoms with Crippen LogP contribution in [-0.4, -0.2) is 42.3 Å². The van der Waals surface area contributed by atoms with Crippen molar-refractivity contribution in [1.29, 1.82) is 0 Å². The van der Waals surface area contributed by atoms with Gasteiger partial charge in [-0.05, 0) is 6.92 Å². The third-order valence-corrected chi connectivity index (χ3v) is 3.57. The van der Waals surface area contributed by atoms with E-state index in [-0.39, 0.29) is 17.9 Å². The summed E-state index contributed by atoms with van der Waals surface area (Å²) in [4.78, 5) is 24.2. The lowest BCUT2D eigenvalue weighted by Gasteiger charge is -2.17. The fourth-order valence-electron chi connectivity index (χ4n) is 2.10. The van der Waals surface area contributed by atoms with Crippen molar-refractivity contribution >= 4 is 23.2 Å². The second kappa shape index (κ2) is 6.14. The van der Waals surface area contributed by atoms with E-state index in [1.54, 1.807) is 11.7 Å². The highest BCUT2D eigenvalue weighted by molar-refractivity contribution is 6.31. The van der Waals surface area contributed by atoms with Crippen LogP contribution in [0.1, 0.15) is 23.1 Å². The van der Waals surface area contributed by atoms with Gasteiger partial charge in [-0.25, -0.2) is 0 Å². The van der Waals surface area contributed by atoms with Gasteiger partial charge in [0.25, 0.3) is 5.91 Å². The van der Waals surface area contributed by atoms with Crippen LogP contribution in [0.2, 0.25) is 5.02 Å². The zero-order valence-electron chi connectivity index (χ0n) is 12.4. The highest BCUT2D eigenvalue weighted by Crippen LogP contribution is 2.21. The third kappa shape index (κ3) is 2.80. The number of aromatic nitrogens is 4. The number of amides is 1. The number of nitrogens with zero attached hydrogens (tertiary/aromatic N) is 6. The molecule has 2 aromatic rings. The van der Waals surface area contributed by atoms with Crippen molar-refractivity contribution in [3.05, 3.63) is 38.9 Å². The van der Waals surface area contributed by atoms with Gasteiger partial charge < -0.3 is 4.90 Å². The Morgan fingerprint density at radius 2 is 2.14 bits per heavy atom. The van der Waals surface area contributed by atoms with Gasteiger partial charge in [0, 0.05) is 20.6 Å². The van der Waals surface area contributed by atoms with Gasteiger partial charge >= 0.3 is 5.69 Å². The topological polar surface area (TPSA) is 99.1 Å². The second-order valence-electron chi connectivity index (χ2n) is 4.68. The SMILES string of the molecule is CCn1ncc(Cl)c1CN(C)C(=O)c1c([N+](=O)[O-])cnn1C. The third-order valence-electron chi connectivity index (χ3n) is 3.25. The molecular weight excluding hydrogens is 312 g/mol. The molecule has 0 fully saturated rings. The maximum absolute atomic E-state index is 12.5. The van der Waals surface area contributed by atoms with Gasteiger partial charge in [0.05, 0.1) is 28.4 Å². The highest BCUT2D eigenvalue weighted by Gasteiger charge is 2.28. The number of carbonyl (C=O) groups is 1. The van der Waals surface area contributed by atoms with E-state index in [2.05, 4.69) is 10.2 Å². The van der Waals surface area contributed by atoms with Crippen LogP contribution in [0.15, 0.2) is 12.4 Å². The molecule has 0 aliphatic heterocycles. The summed E-state index contributed by atoms with van der Waals surface area (Å²) in [5, 5.41) is 19.3. The zero-order valence-corrected chi connectivity index (χ0v) is 13.1. The standard InChI is InChI=1S/C12H15ClN6O3/c1-4-18-10(8(13)5-15-18)7-16(2)12(20)11-9(19(21)22)6-14-17(11)3/h5-6H,4,7H2,1-3H3. The number of rotatable bonds is 5. The van der Waals surface area contributed by atoms with Gasteiger partial charge in [0.2, 0.25) is 5.69 Å². The first kappa shape index (κ1) is 16.0. The molecule has 0 atom stereocenters. The summed E-state index contributed by atoms with van der Waals surface area (Å²) in [5.74, 6) is -0.508. The van der Waals surface area contributed by atoms with Gasteiger partial charge in [-0.1, -0.05) is 11.6 Å². The Labute approximate surface area is 131 Å². The first-order chi connectivity index (χ1) is 10.4. The van der Waals surface area contributed by atoms with Gasteiger partial charge in [-0.3, -0.25) is 24.3 Å². The molecule has 0 bridgehead atoms. The fraction of sp³-hybridized carbons (Fsp3) is 0.417.